The van der Waals surface area contributed by atoms with E-state index in [9.17, 15) is 14.0 Å². The van der Waals surface area contributed by atoms with Gasteiger partial charge in [0.15, 0.2) is 0 Å². The van der Waals surface area contributed by atoms with Gasteiger partial charge in [0.2, 0.25) is 5.91 Å². The molecule has 0 radical (unpaired) electrons. The lowest BCUT2D eigenvalue weighted by atomic mass is 9.84. The largest absolute Gasteiger partial charge is 0.489 e. The van der Waals surface area contributed by atoms with Crippen LogP contribution in [-0.4, -0.2) is 18.5 Å². The third-order valence-corrected chi connectivity index (χ3v) is 6.22. The number of rotatable bonds is 5. The maximum atomic E-state index is 13.8. The molecule has 6 heteroatoms. The molecule has 5 nitrogen and oxygen atoms in total. The fraction of sp³-hybridized carbons (Fsp3) is 0.214. The molecule has 3 aromatic rings. The lowest BCUT2D eigenvalue weighted by Gasteiger charge is -2.32. The van der Waals surface area contributed by atoms with Crippen molar-refractivity contribution in [3.8, 4) is 5.75 Å². The van der Waals surface area contributed by atoms with E-state index in [-0.39, 0.29) is 43.2 Å². The molecule has 2 aliphatic rings. The Bertz CT molecular complexity index is 1290. The highest BCUT2D eigenvalue weighted by Gasteiger charge is 2.43. The van der Waals surface area contributed by atoms with Crippen LogP contribution in [0.25, 0.3) is 0 Å². The fourth-order valence-corrected chi connectivity index (χ4v) is 4.69. The van der Waals surface area contributed by atoms with Crippen molar-refractivity contribution in [1.29, 1.82) is 0 Å². The van der Waals surface area contributed by atoms with Gasteiger partial charge in [-0.2, -0.15) is 0 Å². The molecule has 0 saturated carbocycles. The number of esters is 1. The van der Waals surface area contributed by atoms with Crippen LogP contribution in [0.3, 0.4) is 0 Å². The second-order valence-electron chi connectivity index (χ2n) is 8.72. The van der Waals surface area contributed by atoms with E-state index in [1.807, 2.05) is 44.2 Å². The lowest BCUT2D eigenvalue weighted by Crippen LogP contribution is -2.37. The summed E-state index contributed by atoms with van der Waals surface area (Å²) in [6, 6.07) is 19.6. The molecule has 1 amide bonds. The van der Waals surface area contributed by atoms with Gasteiger partial charge in [-0.3, -0.25) is 9.69 Å². The molecular formula is C28H24FNO4. The summed E-state index contributed by atoms with van der Waals surface area (Å²) in [6.45, 7) is 4.15. The molecule has 0 saturated heterocycles. The molecule has 2 heterocycles. The monoisotopic (exact) mass is 457 g/mol. The Morgan fingerprint density at radius 1 is 1.00 bits per heavy atom. The van der Waals surface area contributed by atoms with Crippen molar-refractivity contribution in [1.82, 2.24) is 0 Å². The minimum absolute atomic E-state index is 0.0766. The first-order chi connectivity index (χ1) is 16.4. The minimum atomic E-state index is -0.389. The van der Waals surface area contributed by atoms with Crippen LogP contribution >= 0.6 is 0 Å². The zero-order chi connectivity index (χ0) is 23.8. The van der Waals surface area contributed by atoms with Crippen LogP contribution < -0.4 is 9.64 Å². The van der Waals surface area contributed by atoms with Gasteiger partial charge in [-0.1, -0.05) is 36.4 Å². The zero-order valence-electron chi connectivity index (χ0n) is 19.0. The first-order valence-electron chi connectivity index (χ1n) is 11.2. The van der Waals surface area contributed by atoms with E-state index in [4.69, 9.17) is 9.47 Å². The standard InChI is InChI=1S/C28H24FNO4/c1-17-11-18(2)13-21(12-17)30-25-16-34-28(32)27(25)23(14-26(30)31)19-7-9-22(10-8-19)33-15-20-5-3-4-6-24(20)29/h3-13,23H,14-16H2,1-2H3. The van der Waals surface area contributed by atoms with Gasteiger partial charge < -0.3 is 9.47 Å². The topological polar surface area (TPSA) is 55.8 Å². The van der Waals surface area contributed by atoms with E-state index in [0.29, 0.717) is 22.6 Å². The van der Waals surface area contributed by atoms with Gasteiger partial charge in [0, 0.05) is 23.6 Å². The van der Waals surface area contributed by atoms with Crippen LogP contribution in [-0.2, 0) is 20.9 Å². The molecule has 0 N–H and O–H groups in total. The summed E-state index contributed by atoms with van der Waals surface area (Å²) in [6.07, 6.45) is 0.163. The second-order valence-corrected chi connectivity index (χ2v) is 8.72. The molecule has 0 fully saturated rings. The molecule has 3 aromatic carbocycles. The lowest BCUT2D eigenvalue weighted by molar-refractivity contribution is -0.136. The average Bonchev–Trinajstić information content (AvgIpc) is 3.19. The summed E-state index contributed by atoms with van der Waals surface area (Å²) in [5, 5.41) is 0. The smallest absolute Gasteiger partial charge is 0.336 e. The Kier molecular flexibility index (Phi) is 5.65. The SMILES string of the molecule is Cc1cc(C)cc(N2C(=O)CC(c3ccc(OCc4ccccc4F)cc3)C3=C2COC3=O)c1. The Hall–Kier alpha value is -3.93. The molecule has 2 aliphatic heterocycles. The summed E-state index contributed by atoms with van der Waals surface area (Å²) >= 11 is 0. The van der Waals surface area contributed by atoms with Crippen LogP contribution in [0.15, 0.2) is 78.0 Å². The van der Waals surface area contributed by atoms with Crippen LogP contribution in [0.5, 0.6) is 5.75 Å². The number of aryl methyl sites for hydroxylation is 2. The van der Waals surface area contributed by atoms with Crippen LogP contribution in [0.2, 0.25) is 0 Å². The summed E-state index contributed by atoms with van der Waals surface area (Å²) < 4.78 is 24.9. The number of anilines is 1. The molecule has 0 bridgehead atoms. The zero-order valence-corrected chi connectivity index (χ0v) is 19.0. The quantitative estimate of drug-likeness (QED) is 0.485. The van der Waals surface area contributed by atoms with Gasteiger partial charge in [0.1, 0.15) is 24.8 Å². The van der Waals surface area contributed by atoms with E-state index in [2.05, 4.69) is 0 Å². The second kappa shape index (κ2) is 8.78. The van der Waals surface area contributed by atoms with Crippen molar-refractivity contribution in [2.45, 2.75) is 32.8 Å². The third-order valence-electron chi connectivity index (χ3n) is 6.22. The molecule has 0 spiro atoms. The summed E-state index contributed by atoms with van der Waals surface area (Å²) in [5.41, 5.74) is 5.28. The van der Waals surface area contributed by atoms with Crippen LogP contribution in [0.1, 0.15) is 34.6 Å². The molecule has 172 valence electrons. The number of benzene rings is 3. The highest BCUT2D eigenvalue weighted by atomic mass is 19.1. The normalized spacial score (nSPS) is 17.6. The van der Waals surface area contributed by atoms with Crippen molar-refractivity contribution in [2.75, 3.05) is 11.5 Å². The van der Waals surface area contributed by atoms with Gasteiger partial charge in [-0.05, 0) is 60.9 Å². The summed E-state index contributed by atoms with van der Waals surface area (Å²) in [4.78, 5) is 27.6. The van der Waals surface area contributed by atoms with Crippen molar-refractivity contribution in [3.05, 3.63) is 106 Å². The van der Waals surface area contributed by atoms with Crippen molar-refractivity contribution in [3.63, 3.8) is 0 Å². The molecule has 1 unspecified atom stereocenters. The number of cyclic esters (lactones) is 1. The van der Waals surface area contributed by atoms with Gasteiger partial charge in [-0.15, -0.1) is 0 Å². The van der Waals surface area contributed by atoms with Crippen LogP contribution in [0, 0.1) is 19.7 Å². The first-order valence-corrected chi connectivity index (χ1v) is 11.2. The number of hydrogen-bond donors (Lipinski definition) is 0. The maximum Gasteiger partial charge on any atom is 0.336 e. The predicted octanol–water partition coefficient (Wildman–Crippen LogP) is 5.35. The van der Waals surface area contributed by atoms with E-state index in [1.165, 1.54) is 6.07 Å². The molecule has 0 aliphatic carbocycles. The fourth-order valence-electron chi connectivity index (χ4n) is 4.69. The molecular weight excluding hydrogens is 433 g/mol. The third kappa shape index (κ3) is 4.07. The predicted molar refractivity (Wildman–Crippen MR) is 126 cm³/mol. The number of halogens is 1. The van der Waals surface area contributed by atoms with E-state index >= 15 is 0 Å². The number of carbonyl (C=O) groups excluding carboxylic acids is 2. The molecule has 1 atom stereocenters. The van der Waals surface area contributed by atoms with Gasteiger partial charge in [-0.25, -0.2) is 9.18 Å². The number of amides is 1. The average molecular weight is 458 g/mol. The van der Waals surface area contributed by atoms with E-state index < -0.39 is 0 Å². The molecule has 0 aromatic heterocycles. The Morgan fingerprint density at radius 3 is 2.41 bits per heavy atom. The van der Waals surface area contributed by atoms with Crippen LogP contribution in [0.4, 0.5) is 10.1 Å². The summed E-state index contributed by atoms with van der Waals surface area (Å²) in [7, 11) is 0. The highest BCUT2D eigenvalue weighted by molar-refractivity contribution is 6.06. The molecule has 34 heavy (non-hydrogen) atoms. The van der Waals surface area contributed by atoms with Crippen molar-refractivity contribution in [2.24, 2.45) is 0 Å². The van der Waals surface area contributed by atoms with Crippen molar-refractivity contribution >= 4 is 17.6 Å². The molecule has 5 rings (SSSR count). The first kappa shape index (κ1) is 21.9. The maximum absolute atomic E-state index is 13.8. The van der Waals surface area contributed by atoms with Crippen molar-refractivity contribution < 1.29 is 23.5 Å². The summed E-state index contributed by atoms with van der Waals surface area (Å²) in [5.74, 6) is -0.587. The van der Waals surface area contributed by atoms with E-state index in [0.717, 1.165) is 22.4 Å². The van der Waals surface area contributed by atoms with E-state index in [1.54, 1.807) is 35.2 Å². The van der Waals surface area contributed by atoms with Gasteiger partial charge in [0.25, 0.3) is 0 Å². The number of hydrogen-bond acceptors (Lipinski definition) is 4. The Balaban J connectivity index is 1.42. The minimum Gasteiger partial charge on any atom is -0.489 e. The van der Waals surface area contributed by atoms with Gasteiger partial charge in [0.05, 0.1) is 11.3 Å². The number of ether oxygens (including phenoxy) is 2. The van der Waals surface area contributed by atoms with Gasteiger partial charge >= 0.3 is 5.97 Å². The highest BCUT2D eigenvalue weighted by Crippen LogP contribution is 2.42. The number of carbonyl (C=O) groups is 2. The number of nitrogens with zero attached hydrogens (tertiary/aromatic N) is 1. The Morgan fingerprint density at radius 2 is 1.71 bits per heavy atom. The Labute approximate surface area is 197 Å².